The maximum absolute atomic E-state index is 12.8. The topological polar surface area (TPSA) is 90.3 Å². The molecule has 1 atom stereocenters. The predicted molar refractivity (Wildman–Crippen MR) is 94.5 cm³/mol. The molecule has 1 aromatic heterocycles. The number of nitrogens with two attached hydrogens (primary N) is 1. The molecule has 1 fully saturated rings. The summed E-state index contributed by atoms with van der Waals surface area (Å²) < 4.78 is 2.30. The summed E-state index contributed by atoms with van der Waals surface area (Å²) in [7, 11) is 1.39. The van der Waals surface area contributed by atoms with Crippen molar-refractivity contribution in [3.05, 3.63) is 26.4 Å². The second-order valence-electron chi connectivity index (χ2n) is 6.51. The minimum absolute atomic E-state index is 0.00000732. The lowest BCUT2D eigenvalue weighted by Crippen LogP contribution is -2.46. The number of likely N-dealkylation sites (tertiary alicyclic amines) is 1. The van der Waals surface area contributed by atoms with Gasteiger partial charge in [0.2, 0.25) is 0 Å². The van der Waals surface area contributed by atoms with Gasteiger partial charge in [-0.15, -0.1) is 0 Å². The van der Waals surface area contributed by atoms with Gasteiger partial charge in [-0.05, 0) is 32.2 Å². The van der Waals surface area contributed by atoms with Crippen molar-refractivity contribution < 1.29 is 4.79 Å². The third-order valence-corrected chi connectivity index (χ3v) is 4.88. The van der Waals surface area contributed by atoms with E-state index in [1.165, 1.54) is 18.0 Å². The molecule has 2 N–H and O–H groups in total. The van der Waals surface area contributed by atoms with Gasteiger partial charge in [-0.25, -0.2) is 4.79 Å². The molecule has 0 bridgehead atoms. The summed E-state index contributed by atoms with van der Waals surface area (Å²) >= 11 is 0. The first-order valence-corrected chi connectivity index (χ1v) is 8.78. The molecule has 2 heterocycles. The van der Waals surface area contributed by atoms with Gasteiger partial charge < -0.3 is 5.73 Å². The molecule has 0 aromatic carbocycles. The zero-order valence-electron chi connectivity index (χ0n) is 14.9. The van der Waals surface area contributed by atoms with Crippen LogP contribution in [0.1, 0.15) is 56.3 Å². The molecular weight excluding hydrogens is 308 g/mol. The Morgan fingerprint density at radius 1 is 1.25 bits per heavy atom. The van der Waals surface area contributed by atoms with E-state index in [0.717, 1.165) is 30.4 Å². The number of carbonyl (C=O) groups is 1. The maximum atomic E-state index is 12.8. The molecule has 1 aliphatic rings. The molecule has 1 aliphatic heterocycles. The smallest absolute Gasteiger partial charge is 0.332 e. The average Bonchev–Trinajstić information content (AvgIpc) is 2.57. The Balaban J connectivity index is 2.38. The van der Waals surface area contributed by atoms with Crippen molar-refractivity contribution in [2.75, 3.05) is 18.8 Å². The summed E-state index contributed by atoms with van der Waals surface area (Å²) in [6.45, 7) is 5.46. The van der Waals surface area contributed by atoms with Crippen LogP contribution >= 0.6 is 0 Å². The Kier molecular flexibility index (Phi) is 5.99. The SMILES string of the molecule is CCCn1c(N)c(C(=O)CN2CCCC[C@H]2CC)c(=O)n(C)c1=O. The molecule has 0 radical (unpaired) electrons. The molecule has 0 unspecified atom stereocenters. The molecule has 1 saturated heterocycles. The second-order valence-corrected chi connectivity index (χ2v) is 6.51. The lowest BCUT2D eigenvalue weighted by atomic mass is 9.99. The average molecular weight is 336 g/mol. The van der Waals surface area contributed by atoms with Crippen LogP contribution in [-0.2, 0) is 13.6 Å². The maximum Gasteiger partial charge on any atom is 0.332 e. The predicted octanol–water partition coefficient (Wildman–Crippen LogP) is 0.986. The molecule has 2 rings (SSSR count). The van der Waals surface area contributed by atoms with E-state index < -0.39 is 11.2 Å². The zero-order chi connectivity index (χ0) is 17.9. The van der Waals surface area contributed by atoms with Gasteiger partial charge in [-0.2, -0.15) is 0 Å². The van der Waals surface area contributed by atoms with Gasteiger partial charge in [-0.3, -0.25) is 23.6 Å². The Labute approximate surface area is 142 Å². The Bertz CT molecular complexity index is 720. The highest BCUT2D eigenvalue weighted by atomic mass is 16.2. The number of Topliss-reactive ketones (excluding diaryl/α,β-unsaturated/α-hetero) is 1. The number of nitrogens with zero attached hydrogens (tertiary/aromatic N) is 3. The van der Waals surface area contributed by atoms with E-state index in [9.17, 15) is 14.4 Å². The molecule has 7 nitrogen and oxygen atoms in total. The lowest BCUT2D eigenvalue weighted by molar-refractivity contribution is 0.0836. The molecule has 0 aliphatic carbocycles. The Morgan fingerprint density at radius 2 is 1.96 bits per heavy atom. The van der Waals surface area contributed by atoms with Crippen molar-refractivity contribution in [3.8, 4) is 0 Å². The Hall–Kier alpha value is -1.89. The highest BCUT2D eigenvalue weighted by Crippen LogP contribution is 2.20. The number of piperidine rings is 1. The van der Waals surface area contributed by atoms with Crippen molar-refractivity contribution in [3.63, 3.8) is 0 Å². The van der Waals surface area contributed by atoms with Crippen molar-refractivity contribution in [1.29, 1.82) is 0 Å². The number of ketones is 1. The number of hydrogen-bond acceptors (Lipinski definition) is 5. The largest absolute Gasteiger partial charge is 0.384 e. The summed E-state index contributed by atoms with van der Waals surface area (Å²) in [6, 6.07) is 0.370. The molecule has 1 aromatic rings. The van der Waals surface area contributed by atoms with Crippen molar-refractivity contribution in [2.45, 2.75) is 58.5 Å². The van der Waals surface area contributed by atoms with Crippen LogP contribution in [0.15, 0.2) is 9.59 Å². The number of aromatic nitrogens is 2. The number of nitrogen functional groups attached to an aromatic ring is 1. The van der Waals surface area contributed by atoms with Gasteiger partial charge in [-0.1, -0.05) is 20.3 Å². The van der Waals surface area contributed by atoms with Crippen LogP contribution in [0, 0.1) is 0 Å². The monoisotopic (exact) mass is 336 g/mol. The minimum Gasteiger partial charge on any atom is -0.384 e. The van der Waals surface area contributed by atoms with Crippen molar-refractivity contribution in [2.24, 2.45) is 7.05 Å². The third-order valence-electron chi connectivity index (χ3n) is 4.88. The van der Waals surface area contributed by atoms with Crippen LogP contribution in [0.5, 0.6) is 0 Å². The molecule has 0 amide bonds. The van der Waals surface area contributed by atoms with Crippen LogP contribution in [-0.4, -0.2) is 38.9 Å². The fourth-order valence-corrected chi connectivity index (χ4v) is 3.48. The normalized spacial score (nSPS) is 18.7. The van der Waals surface area contributed by atoms with Crippen LogP contribution in [0.2, 0.25) is 0 Å². The van der Waals surface area contributed by atoms with Gasteiger partial charge in [0.25, 0.3) is 5.56 Å². The van der Waals surface area contributed by atoms with Gasteiger partial charge in [0.15, 0.2) is 5.78 Å². The number of carbonyl (C=O) groups excluding carboxylic acids is 1. The molecule has 7 heteroatoms. The third kappa shape index (κ3) is 3.45. The van der Waals surface area contributed by atoms with E-state index in [-0.39, 0.29) is 23.7 Å². The highest BCUT2D eigenvalue weighted by molar-refractivity contribution is 6.01. The zero-order valence-corrected chi connectivity index (χ0v) is 14.9. The summed E-state index contributed by atoms with van der Waals surface area (Å²) in [6.07, 6.45) is 4.99. The van der Waals surface area contributed by atoms with E-state index in [2.05, 4.69) is 11.8 Å². The van der Waals surface area contributed by atoms with E-state index in [1.807, 2.05) is 6.92 Å². The molecule has 0 spiro atoms. The molecule has 0 saturated carbocycles. The van der Waals surface area contributed by atoms with Crippen LogP contribution in [0.3, 0.4) is 0 Å². The number of anilines is 1. The summed E-state index contributed by atoms with van der Waals surface area (Å²) in [5, 5.41) is 0. The lowest BCUT2D eigenvalue weighted by Gasteiger charge is -2.34. The second kappa shape index (κ2) is 7.79. The van der Waals surface area contributed by atoms with Crippen LogP contribution in [0.25, 0.3) is 0 Å². The van der Waals surface area contributed by atoms with Crippen molar-refractivity contribution >= 4 is 11.6 Å². The van der Waals surface area contributed by atoms with E-state index >= 15 is 0 Å². The first kappa shape index (κ1) is 18.4. The van der Waals surface area contributed by atoms with Crippen molar-refractivity contribution in [1.82, 2.24) is 14.0 Å². The number of hydrogen-bond donors (Lipinski definition) is 1. The molecule has 24 heavy (non-hydrogen) atoms. The van der Waals surface area contributed by atoms with Crippen LogP contribution < -0.4 is 17.0 Å². The van der Waals surface area contributed by atoms with E-state index in [4.69, 9.17) is 5.73 Å². The highest BCUT2D eigenvalue weighted by Gasteiger charge is 2.27. The van der Waals surface area contributed by atoms with E-state index in [0.29, 0.717) is 19.0 Å². The van der Waals surface area contributed by atoms with Crippen LogP contribution in [0.4, 0.5) is 5.82 Å². The quantitative estimate of drug-likeness (QED) is 0.782. The standard InChI is InChI=1S/C17H28N4O3/c1-4-9-21-15(18)14(16(23)19(3)17(21)24)13(22)11-20-10-7-6-8-12(20)5-2/h12H,4-11,18H2,1-3H3/t12-/m1/s1. The number of rotatable bonds is 6. The first-order valence-electron chi connectivity index (χ1n) is 8.78. The Morgan fingerprint density at radius 3 is 2.58 bits per heavy atom. The van der Waals surface area contributed by atoms with E-state index in [1.54, 1.807) is 0 Å². The van der Waals surface area contributed by atoms with Gasteiger partial charge >= 0.3 is 5.69 Å². The minimum atomic E-state index is -0.597. The summed E-state index contributed by atoms with van der Waals surface area (Å²) in [5.41, 5.74) is 4.90. The van der Waals surface area contributed by atoms with Gasteiger partial charge in [0.1, 0.15) is 11.4 Å². The van der Waals surface area contributed by atoms with Gasteiger partial charge in [0.05, 0.1) is 6.54 Å². The van der Waals surface area contributed by atoms with Gasteiger partial charge in [0, 0.05) is 19.6 Å². The summed E-state index contributed by atoms with van der Waals surface area (Å²) in [5.74, 6) is -0.293. The molecular formula is C17H28N4O3. The molecule has 134 valence electrons. The first-order chi connectivity index (χ1) is 11.4. The summed E-state index contributed by atoms with van der Waals surface area (Å²) in [4.78, 5) is 39.5. The fourth-order valence-electron chi connectivity index (χ4n) is 3.48. The fraction of sp³-hybridized carbons (Fsp3) is 0.706.